The van der Waals surface area contributed by atoms with Gasteiger partial charge in [0, 0.05) is 5.30 Å². The quantitative estimate of drug-likeness (QED) is 0.691. The predicted molar refractivity (Wildman–Crippen MR) is 42.4 cm³/mol. The molecule has 0 bridgehead atoms. The maximum Gasteiger partial charge on any atom is 0.416 e. The predicted octanol–water partition coefficient (Wildman–Crippen LogP) is 1.63. The van der Waals surface area contributed by atoms with Gasteiger partial charge in [-0.15, -0.1) is 0 Å². The molecule has 0 fully saturated rings. The Balaban J connectivity index is 3.06. The summed E-state index contributed by atoms with van der Waals surface area (Å²) in [7, 11) is -2.46. The molecule has 1 aromatic carbocycles. The molecule has 72 valence electrons. The average Bonchev–Trinajstić information content (AvgIpc) is 2.03. The van der Waals surface area contributed by atoms with E-state index in [9.17, 15) is 13.2 Å². The summed E-state index contributed by atoms with van der Waals surface area (Å²) in [5, 5.41) is -0.107. The van der Waals surface area contributed by atoms with Crippen LogP contribution in [-0.4, -0.2) is 9.79 Å². The van der Waals surface area contributed by atoms with E-state index in [1.54, 1.807) is 0 Å². The summed E-state index contributed by atoms with van der Waals surface area (Å²) in [6.45, 7) is 0. The minimum atomic E-state index is -4.44. The summed E-state index contributed by atoms with van der Waals surface area (Å²) in [6, 6.07) is 3.98. The monoisotopic (exact) mass is 210 g/mol. The Bertz CT molecular complexity index is 298. The first-order valence-electron chi connectivity index (χ1n) is 3.26. The first-order valence-corrected chi connectivity index (χ1v) is 4.51. The van der Waals surface area contributed by atoms with Crippen LogP contribution in [-0.2, 0) is 6.18 Å². The highest BCUT2D eigenvalue weighted by Crippen LogP contribution is 2.31. The van der Waals surface area contributed by atoms with Crippen molar-refractivity contribution < 1.29 is 23.0 Å². The third-order valence-electron chi connectivity index (χ3n) is 1.40. The summed E-state index contributed by atoms with van der Waals surface area (Å²) in [5.74, 6) is 0. The van der Waals surface area contributed by atoms with Crippen molar-refractivity contribution in [2.75, 3.05) is 0 Å². The minimum absolute atomic E-state index is 0.107. The molecule has 13 heavy (non-hydrogen) atoms. The van der Waals surface area contributed by atoms with Gasteiger partial charge in [-0.2, -0.15) is 13.2 Å². The molecule has 6 heteroatoms. The second-order valence-electron chi connectivity index (χ2n) is 2.34. The number of benzene rings is 1. The SMILES string of the molecule is OP(O)c1cccc(C(F)(F)F)c1. The fraction of sp³-hybridized carbons (Fsp3) is 0.143. The molecule has 0 aliphatic carbocycles. The second-order valence-corrected chi connectivity index (χ2v) is 3.43. The molecule has 0 aromatic heterocycles. The van der Waals surface area contributed by atoms with E-state index in [1.165, 1.54) is 6.07 Å². The molecular formula is C7H6F3O2P. The first kappa shape index (κ1) is 10.4. The lowest BCUT2D eigenvalue weighted by Gasteiger charge is -2.08. The van der Waals surface area contributed by atoms with Gasteiger partial charge < -0.3 is 9.79 Å². The molecule has 0 heterocycles. The van der Waals surface area contributed by atoms with E-state index in [4.69, 9.17) is 9.79 Å². The van der Waals surface area contributed by atoms with Crippen LogP contribution in [0.25, 0.3) is 0 Å². The molecule has 1 rings (SSSR count). The molecule has 0 unspecified atom stereocenters. The molecule has 0 aliphatic rings. The van der Waals surface area contributed by atoms with E-state index < -0.39 is 20.1 Å². The molecule has 0 saturated heterocycles. The zero-order valence-corrected chi connectivity index (χ0v) is 7.18. The van der Waals surface area contributed by atoms with E-state index in [-0.39, 0.29) is 5.30 Å². The number of rotatable bonds is 1. The maximum atomic E-state index is 12.1. The summed E-state index contributed by atoms with van der Waals surface area (Å²) >= 11 is 0. The van der Waals surface area contributed by atoms with Gasteiger partial charge in [-0.25, -0.2) is 0 Å². The molecule has 0 aliphatic heterocycles. The molecule has 1 aromatic rings. The van der Waals surface area contributed by atoms with E-state index in [0.29, 0.717) is 0 Å². The topological polar surface area (TPSA) is 40.5 Å². The van der Waals surface area contributed by atoms with Crippen LogP contribution in [0, 0.1) is 0 Å². The zero-order chi connectivity index (χ0) is 10.1. The lowest BCUT2D eigenvalue weighted by Crippen LogP contribution is -2.09. The Kier molecular flexibility index (Phi) is 2.91. The molecule has 0 radical (unpaired) electrons. The molecular weight excluding hydrogens is 204 g/mol. The standard InChI is InChI=1S/C7H6F3O2P/c8-7(9,10)5-2-1-3-6(4-5)13(11)12/h1-4,11-12H. The van der Waals surface area contributed by atoms with Gasteiger partial charge in [0.15, 0.2) is 8.38 Å². The lowest BCUT2D eigenvalue weighted by atomic mass is 10.2. The third kappa shape index (κ3) is 2.66. The smallest absolute Gasteiger partial charge is 0.347 e. The lowest BCUT2D eigenvalue weighted by molar-refractivity contribution is -0.137. The van der Waals surface area contributed by atoms with Gasteiger partial charge in [0.2, 0.25) is 0 Å². The number of halogens is 3. The van der Waals surface area contributed by atoms with Crippen LogP contribution in [0.3, 0.4) is 0 Å². The average molecular weight is 210 g/mol. The fourth-order valence-corrected chi connectivity index (χ4v) is 1.28. The van der Waals surface area contributed by atoms with Crippen LogP contribution in [0.1, 0.15) is 5.56 Å². The molecule has 0 atom stereocenters. The van der Waals surface area contributed by atoms with Crippen LogP contribution in [0.5, 0.6) is 0 Å². The Labute approximate surface area is 73.6 Å². The van der Waals surface area contributed by atoms with Crippen molar-refractivity contribution in [3.8, 4) is 0 Å². The number of hydrogen-bond acceptors (Lipinski definition) is 2. The van der Waals surface area contributed by atoms with E-state index >= 15 is 0 Å². The van der Waals surface area contributed by atoms with Crippen molar-refractivity contribution in [3.63, 3.8) is 0 Å². The van der Waals surface area contributed by atoms with Crippen molar-refractivity contribution in [2.45, 2.75) is 6.18 Å². The summed E-state index contributed by atoms with van der Waals surface area (Å²) < 4.78 is 36.2. The van der Waals surface area contributed by atoms with Crippen molar-refractivity contribution in [3.05, 3.63) is 29.8 Å². The zero-order valence-electron chi connectivity index (χ0n) is 6.28. The van der Waals surface area contributed by atoms with Crippen LogP contribution in [0.2, 0.25) is 0 Å². The van der Waals surface area contributed by atoms with E-state index in [2.05, 4.69) is 0 Å². The van der Waals surface area contributed by atoms with Crippen molar-refractivity contribution in [1.29, 1.82) is 0 Å². The van der Waals surface area contributed by atoms with Crippen molar-refractivity contribution in [2.24, 2.45) is 0 Å². The highest BCUT2D eigenvalue weighted by molar-refractivity contribution is 7.54. The van der Waals surface area contributed by atoms with Gasteiger partial charge in [-0.1, -0.05) is 6.07 Å². The van der Waals surface area contributed by atoms with E-state index in [0.717, 1.165) is 18.2 Å². The Morgan fingerprint density at radius 2 is 1.77 bits per heavy atom. The second kappa shape index (κ2) is 3.62. The van der Waals surface area contributed by atoms with Crippen LogP contribution in [0.4, 0.5) is 13.2 Å². The normalized spacial score (nSPS) is 12.2. The van der Waals surface area contributed by atoms with Gasteiger partial charge in [-0.05, 0) is 18.2 Å². The summed E-state index contributed by atoms with van der Waals surface area (Å²) in [4.78, 5) is 17.3. The maximum absolute atomic E-state index is 12.1. The number of hydrogen-bond donors (Lipinski definition) is 2. The van der Waals surface area contributed by atoms with Crippen molar-refractivity contribution >= 4 is 13.7 Å². The largest absolute Gasteiger partial charge is 0.416 e. The summed E-state index contributed by atoms with van der Waals surface area (Å²) in [6.07, 6.45) is -4.44. The molecule has 2 nitrogen and oxygen atoms in total. The Morgan fingerprint density at radius 1 is 1.15 bits per heavy atom. The van der Waals surface area contributed by atoms with Gasteiger partial charge in [0.1, 0.15) is 0 Å². The molecule has 0 spiro atoms. The van der Waals surface area contributed by atoms with E-state index in [1.807, 2.05) is 0 Å². The molecule has 0 saturated carbocycles. The number of alkyl halides is 3. The van der Waals surface area contributed by atoms with Crippen LogP contribution in [0.15, 0.2) is 24.3 Å². The highest BCUT2D eigenvalue weighted by atomic mass is 31.2. The van der Waals surface area contributed by atoms with Crippen LogP contribution < -0.4 is 5.30 Å². The van der Waals surface area contributed by atoms with Gasteiger partial charge >= 0.3 is 6.18 Å². The highest BCUT2D eigenvalue weighted by Gasteiger charge is 2.30. The third-order valence-corrected chi connectivity index (χ3v) is 2.14. The van der Waals surface area contributed by atoms with Crippen LogP contribution >= 0.6 is 8.38 Å². The van der Waals surface area contributed by atoms with Gasteiger partial charge in [-0.3, -0.25) is 0 Å². The minimum Gasteiger partial charge on any atom is -0.347 e. The fourth-order valence-electron chi connectivity index (χ4n) is 0.807. The van der Waals surface area contributed by atoms with Gasteiger partial charge in [0.25, 0.3) is 0 Å². The van der Waals surface area contributed by atoms with Gasteiger partial charge in [0.05, 0.1) is 5.56 Å². The first-order chi connectivity index (χ1) is 5.91. The Hall–Kier alpha value is -0.640. The van der Waals surface area contributed by atoms with Crippen molar-refractivity contribution in [1.82, 2.24) is 0 Å². The molecule has 0 amide bonds. The summed E-state index contributed by atoms with van der Waals surface area (Å²) in [5.41, 5.74) is -0.874. The molecule has 2 N–H and O–H groups in total. The Morgan fingerprint density at radius 3 is 2.23 bits per heavy atom.